The Labute approximate surface area is 194 Å². The number of hydrogen-bond acceptors (Lipinski definition) is 9. The van der Waals surface area contributed by atoms with E-state index in [2.05, 4.69) is 16.3 Å². The zero-order chi connectivity index (χ0) is 23.2. The Hall–Kier alpha value is -3.29. The molecule has 2 heterocycles. The van der Waals surface area contributed by atoms with Gasteiger partial charge in [-0.15, -0.1) is 5.10 Å². The maximum Gasteiger partial charge on any atom is 0.337 e. The highest BCUT2D eigenvalue weighted by atomic mass is 32.1. The van der Waals surface area contributed by atoms with Crippen molar-refractivity contribution in [1.29, 1.82) is 5.26 Å². The maximum absolute atomic E-state index is 13.4. The Morgan fingerprint density at radius 2 is 2.06 bits per heavy atom. The zero-order valence-electron chi connectivity index (χ0n) is 17.8. The fourth-order valence-corrected chi connectivity index (χ4v) is 5.23. The van der Waals surface area contributed by atoms with Crippen LogP contribution in [0.15, 0.2) is 46.9 Å². The van der Waals surface area contributed by atoms with Gasteiger partial charge in [-0.1, -0.05) is 37.3 Å². The van der Waals surface area contributed by atoms with Crippen LogP contribution in [0.4, 0.5) is 5.13 Å². The molecule has 0 saturated heterocycles. The van der Waals surface area contributed by atoms with E-state index in [-0.39, 0.29) is 22.6 Å². The number of carbonyl (C=O) groups is 2. The molecule has 1 aromatic heterocycles. The number of esters is 1. The van der Waals surface area contributed by atoms with Crippen LogP contribution in [0.25, 0.3) is 0 Å². The summed E-state index contributed by atoms with van der Waals surface area (Å²) in [5, 5.41) is 17.5. The first-order valence-corrected chi connectivity index (χ1v) is 11.1. The van der Waals surface area contributed by atoms with Gasteiger partial charge in [0.2, 0.25) is 5.13 Å². The number of hydrogen-bond donors (Lipinski definition) is 2. The lowest BCUT2D eigenvalue weighted by Crippen LogP contribution is -2.42. The number of benzene rings is 1. The number of aromatic nitrogens is 2. The first-order valence-electron chi connectivity index (χ1n) is 9.86. The van der Waals surface area contributed by atoms with Crippen molar-refractivity contribution in [1.82, 2.24) is 10.2 Å². The number of nitrogens with zero attached hydrogens (tertiary/aromatic N) is 3. The van der Waals surface area contributed by atoms with Gasteiger partial charge in [0, 0.05) is 17.7 Å². The molecule has 8 nitrogen and oxygen atoms in total. The molecule has 0 fully saturated rings. The molecule has 1 atom stereocenters. The number of anilines is 1. The number of Topliss-reactive ketones (excluding diaryl/α,β-unsaturated/α-hetero) is 1. The smallest absolute Gasteiger partial charge is 0.337 e. The van der Waals surface area contributed by atoms with Crippen LogP contribution in [0.1, 0.15) is 48.5 Å². The van der Waals surface area contributed by atoms with Gasteiger partial charge in [0.15, 0.2) is 9.74 Å². The van der Waals surface area contributed by atoms with E-state index in [9.17, 15) is 14.9 Å². The minimum atomic E-state index is -0.631. The minimum absolute atomic E-state index is 0.0392. The summed E-state index contributed by atoms with van der Waals surface area (Å²) >= 11 is 6.41. The minimum Gasteiger partial charge on any atom is -0.465 e. The third kappa shape index (κ3) is 3.63. The van der Waals surface area contributed by atoms with Gasteiger partial charge in [0.25, 0.3) is 0 Å². The molecule has 2 aliphatic rings. The van der Waals surface area contributed by atoms with E-state index in [0.717, 1.165) is 5.70 Å². The number of ketones is 1. The molecule has 3 N–H and O–H groups in total. The second kappa shape index (κ2) is 8.00. The van der Waals surface area contributed by atoms with E-state index in [1.807, 2.05) is 13.8 Å². The molecule has 0 bridgehead atoms. The Kier molecular flexibility index (Phi) is 5.48. The Balaban J connectivity index is 1.94. The van der Waals surface area contributed by atoms with Crippen LogP contribution < -0.4 is 10.6 Å². The summed E-state index contributed by atoms with van der Waals surface area (Å²) in [4.78, 5) is 26.9. The van der Waals surface area contributed by atoms with E-state index in [1.54, 1.807) is 29.2 Å². The summed E-state index contributed by atoms with van der Waals surface area (Å²) in [5.41, 5.74) is 8.83. The summed E-state index contributed by atoms with van der Waals surface area (Å²) in [5.74, 6) is -0.912. The predicted molar refractivity (Wildman–Crippen MR) is 122 cm³/mol. The molecule has 164 valence electrons. The van der Waals surface area contributed by atoms with E-state index >= 15 is 0 Å². The molecule has 1 aliphatic heterocycles. The quantitative estimate of drug-likeness (QED) is 0.514. The van der Waals surface area contributed by atoms with Crippen molar-refractivity contribution in [2.24, 2.45) is 11.1 Å². The Morgan fingerprint density at radius 3 is 2.62 bits per heavy atom. The van der Waals surface area contributed by atoms with Crippen LogP contribution in [0.2, 0.25) is 0 Å². The third-order valence-corrected chi connectivity index (χ3v) is 6.74. The first-order chi connectivity index (χ1) is 15.2. The number of nitrogens with one attached hydrogen (secondary N) is 1. The Morgan fingerprint density at radius 1 is 1.38 bits per heavy atom. The van der Waals surface area contributed by atoms with Gasteiger partial charge in [-0.25, -0.2) is 4.79 Å². The SMILES string of the molecule is COC(=O)c1ccc(C2C(C#N)=C(N)N(c3n[nH]c(=S)s3)C3=C2C(=O)CC(C)(C)C3)cc1. The van der Waals surface area contributed by atoms with Crippen molar-refractivity contribution in [2.75, 3.05) is 12.0 Å². The van der Waals surface area contributed by atoms with Crippen LogP contribution >= 0.6 is 23.6 Å². The van der Waals surface area contributed by atoms with Crippen LogP contribution in [0.3, 0.4) is 0 Å². The number of H-pyrrole nitrogens is 1. The molecule has 0 radical (unpaired) electrons. The van der Waals surface area contributed by atoms with Crippen LogP contribution in [0.5, 0.6) is 0 Å². The fraction of sp³-hybridized carbons (Fsp3) is 0.318. The number of allylic oxidation sites excluding steroid dienone is 3. The van der Waals surface area contributed by atoms with Crippen molar-refractivity contribution >= 4 is 40.4 Å². The highest BCUT2D eigenvalue weighted by Crippen LogP contribution is 2.50. The molecule has 2 aromatic rings. The van der Waals surface area contributed by atoms with E-state index in [0.29, 0.717) is 38.6 Å². The van der Waals surface area contributed by atoms with Gasteiger partial charge in [-0.3, -0.25) is 14.8 Å². The molecule has 1 aliphatic carbocycles. The molecular formula is C22H21N5O3S2. The molecule has 32 heavy (non-hydrogen) atoms. The summed E-state index contributed by atoms with van der Waals surface area (Å²) < 4.78 is 5.23. The molecular weight excluding hydrogens is 446 g/mol. The molecule has 0 spiro atoms. The number of ether oxygens (including phenoxy) is 1. The van der Waals surface area contributed by atoms with E-state index in [1.165, 1.54) is 18.4 Å². The highest BCUT2D eigenvalue weighted by molar-refractivity contribution is 7.73. The topological polar surface area (TPSA) is 125 Å². The average molecular weight is 468 g/mol. The average Bonchev–Trinajstić information content (AvgIpc) is 3.17. The van der Waals surface area contributed by atoms with Crippen LogP contribution in [0, 0.1) is 20.7 Å². The molecule has 0 saturated carbocycles. The Bertz CT molecular complexity index is 1280. The van der Waals surface area contributed by atoms with Crippen molar-refractivity contribution < 1.29 is 14.3 Å². The summed E-state index contributed by atoms with van der Waals surface area (Å²) in [7, 11) is 1.31. The number of carbonyl (C=O) groups excluding carboxylic acids is 2. The highest BCUT2D eigenvalue weighted by Gasteiger charge is 2.45. The summed E-state index contributed by atoms with van der Waals surface area (Å²) in [6, 6.07) is 8.91. The maximum atomic E-state index is 13.4. The summed E-state index contributed by atoms with van der Waals surface area (Å²) in [6.07, 6.45) is 0.932. The molecule has 1 unspecified atom stereocenters. The molecule has 1 aromatic carbocycles. The third-order valence-electron chi connectivity index (χ3n) is 5.66. The lowest BCUT2D eigenvalue weighted by atomic mass is 9.68. The predicted octanol–water partition coefficient (Wildman–Crippen LogP) is 3.93. The molecule has 10 heteroatoms. The van der Waals surface area contributed by atoms with Crippen molar-refractivity contribution in [2.45, 2.75) is 32.6 Å². The first kappa shape index (κ1) is 21.9. The second-order valence-corrected chi connectivity index (χ2v) is 10.1. The standard InChI is InChI=1S/C22H21N5O3S2/c1-22(2)8-14-17(15(28)9-22)16(11-4-6-12(7-5-11)19(29)30-3)13(10-23)18(24)27(14)20-25-26-21(31)32-20/h4-7,16H,8-9,24H2,1-3H3,(H,26,31). The van der Waals surface area contributed by atoms with Gasteiger partial charge in [-0.2, -0.15) is 5.26 Å². The van der Waals surface area contributed by atoms with Gasteiger partial charge in [-0.05, 0) is 41.7 Å². The van der Waals surface area contributed by atoms with Gasteiger partial charge in [0.05, 0.1) is 30.2 Å². The number of nitrogens with two attached hydrogens (primary N) is 1. The lowest BCUT2D eigenvalue weighted by molar-refractivity contribution is -0.118. The van der Waals surface area contributed by atoms with Gasteiger partial charge in [0.1, 0.15) is 5.82 Å². The van der Waals surface area contributed by atoms with Crippen molar-refractivity contribution in [3.63, 3.8) is 0 Å². The van der Waals surface area contributed by atoms with Crippen LogP contribution in [-0.2, 0) is 9.53 Å². The van der Waals surface area contributed by atoms with Gasteiger partial charge < -0.3 is 10.5 Å². The number of nitriles is 1. The molecule has 4 rings (SSSR count). The monoisotopic (exact) mass is 467 g/mol. The fourth-order valence-electron chi connectivity index (χ4n) is 4.31. The van der Waals surface area contributed by atoms with E-state index < -0.39 is 11.9 Å². The number of aromatic amines is 1. The van der Waals surface area contributed by atoms with Crippen LogP contribution in [-0.4, -0.2) is 29.1 Å². The van der Waals surface area contributed by atoms with E-state index in [4.69, 9.17) is 22.7 Å². The van der Waals surface area contributed by atoms with Crippen molar-refractivity contribution in [3.05, 3.63) is 62.0 Å². The van der Waals surface area contributed by atoms with Gasteiger partial charge >= 0.3 is 5.97 Å². The number of methoxy groups -OCH3 is 1. The van der Waals surface area contributed by atoms with Crippen molar-refractivity contribution in [3.8, 4) is 6.07 Å². The second-order valence-electron chi connectivity index (χ2n) is 8.49. The largest absolute Gasteiger partial charge is 0.465 e. The molecule has 0 amide bonds. The number of rotatable bonds is 3. The summed E-state index contributed by atoms with van der Waals surface area (Å²) in [6.45, 7) is 4.05. The lowest BCUT2D eigenvalue weighted by Gasteiger charge is -2.42. The normalized spacial score (nSPS) is 20.1. The zero-order valence-corrected chi connectivity index (χ0v) is 19.4.